The van der Waals surface area contributed by atoms with Crippen LogP contribution in [0.25, 0.3) is 0 Å². The van der Waals surface area contributed by atoms with E-state index in [0.29, 0.717) is 6.54 Å². The lowest BCUT2D eigenvalue weighted by Crippen LogP contribution is -2.55. The summed E-state index contributed by atoms with van der Waals surface area (Å²) in [4.78, 5) is 136. The number of amides is 9. The van der Waals surface area contributed by atoms with E-state index < -0.39 is 104 Å². The van der Waals surface area contributed by atoms with E-state index in [0.717, 1.165) is 9.80 Å². The van der Waals surface area contributed by atoms with Crippen LogP contribution in [0.5, 0.6) is 0 Å². The molecule has 0 bridgehead atoms. The highest BCUT2D eigenvalue weighted by molar-refractivity contribution is 5.92. The summed E-state index contributed by atoms with van der Waals surface area (Å²) in [5.41, 5.74) is 5.44. The second kappa shape index (κ2) is 38.7. The molecule has 5 unspecified atom stereocenters. The fourth-order valence-corrected chi connectivity index (χ4v) is 9.02. The van der Waals surface area contributed by atoms with Gasteiger partial charge in [0.1, 0.15) is 0 Å². The molecule has 0 aromatic rings. The van der Waals surface area contributed by atoms with Gasteiger partial charge in [0.25, 0.3) is 0 Å². The molecule has 0 saturated heterocycles. The maximum atomic E-state index is 14.6. The van der Waals surface area contributed by atoms with Gasteiger partial charge in [-0.2, -0.15) is 0 Å². The van der Waals surface area contributed by atoms with Crippen LogP contribution in [-0.2, 0) is 43.2 Å². The summed E-state index contributed by atoms with van der Waals surface area (Å²) < 4.78 is 0. The molecule has 0 aliphatic rings. The first kappa shape index (κ1) is 76.0. The first-order valence-electron chi connectivity index (χ1n) is 29.1. The van der Waals surface area contributed by atoms with Crippen molar-refractivity contribution in [3.05, 3.63) is 0 Å². The van der Waals surface area contributed by atoms with Crippen LogP contribution >= 0.6 is 0 Å². The molecule has 0 aliphatic carbocycles. The van der Waals surface area contributed by atoms with Crippen LogP contribution in [0.15, 0.2) is 0 Å². The highest BCUT2D eigenvalue weighted by Crippen LogP contribution is 2.14. The van der Waals surface area contributed by atoms with Crippen LogP contribution in [0.1, 0.15) is 118 Å². The van der Waals surface area contributed by atoms with Crippen LogP contribution in [0.2, 0.25) is 0 Å². The zero-order valence-electron chi connectivity index (χ0n) is 52.6. The van der Waals surface area contributed by atoms with Gasteiger partial charge in [-0.25, -0.2) is 0 Å². The van der Waals surface area contributed by atoms with Crippen LogP contribution in [0, 0.1) is 35.5 Å². The topological polar surface area (TPSA) is 302 Å². The quantitative estimate of drug-likeness (QED) is 0.0464. The zero-order chi connectivity index (χ0) is 62.6. The monoisotopic (exact) mass is 1160 g/mol. The first-order valence-corrected chi connectivity index (χ1v) is 29.1. The van der Waals surface area contributed by atoms with Crippen molar-refractivity contribution in [1.82, 2.24) is 49.4 Å². The standard InChI is InChI=1S/C57H109N11O13/c1-38(2)18-59-19-50(74)63(22-41(7)8)32-56(80)68(29-48(17)72)37-57(81)67(28-47(16)71)36-55(79)64(23-42(9)10)33-52(76)61(20-39(3)4)25-44(13)60(26-45(14)69)31-51(75)66(27-46(15)70)35-54(78)65(24-43(11)12)34-53(77)62(21-40(5)6)30-49(58)73/h38-48,59,69-72H,18-37H2,1-17H3,(H2,58,73). The SMILES string of the molecule is CC(C)CNCC(=O)N(CC(=O)N(CC(=O)N(CC(=O)N(CC(=O)N(CC(C)C)CC(C)N(CC(=O)N(CC(=O)N(CC(=O)N(CC(N)=O)CC(C)C)CC(C)C)CC(C)O)CC(C)O)CC(C)C)CC(C)O)CC(C)O)CC(C)C. The number of carbonyl (C=O) groups excluding carboxylic acids is 9. The number of hydrogen-bond acceptors (Lipinski definition) is 15. The van der Waals surface area contributed by atoms with Crippen molar-refractivity contribution in [3.8, 4) is 0 Å². The molecule has 470 valence electrons. The Kier molecular flexibility index (Phi) is 36.3. The number of primary amides is 1. The predicted molar refractivity (Wildman–Crippen MR) is 311 cm³/mol. The molecule has 0 aromatic carbocycles. The molecule has 5 atom stereocenters. The Labute approximate surface area is 485 Å². The fraction of sp³-hybridized carbons (Fsp3) is 0.842. The van der Waals surface area contributed by atoms with E-state index in [9.17, 15) is 63.6 Å². The summed E-state index contributed by atoms with van der Waals surface area (Å²) in [7, 11) is 0. The van der Waals surface area contributed by atoms with Crippen LogP contribution < -0.4 is 11.1 Å². The van der Waals surface area contributed by atoms with Crippen molar-refractivity contribution >= 4 is 53.2 Å². The average Bonchev–Trinajstić information content (AvgIpc) is 3.30. The minimum atomic E-state index is -1.10. The number of aliphatic hydroxyl groups is 4. The number of aliphatic hydroxyl groups excluding tert-OH is 4. The molecule has 0 aromatic heterocycles. The minimum absolute atomic E-state index is 0.00282. The Morgan fingerprint density at radius 2 is 0.556 bits per heavy atom. The summed E-state index contributed by atoms with van der Waals surface area (Å²) >= 11 is 0. The van der Waals surface area contributed by atoms with E-state index in [-0.39, 0.29) is 140 Å². The van der Waals surface area contributed by atoms with Crippen LogP contribution in [0.3, 0.4) is 0 Å². The Hall–Kier alpha value is -5.01. The summed E-state index contributed by atoms with van der Waals surface area (Å²) in [5.74, 6) is -4.96. The number of nitrogens with two attached hydrogens (primary N) is 1. The normalized spacial score (nSPS) is 13.6. The number of nitrogens with one attached hydrogen (secondary N) is 1. The van der Waals surface area contributed by atoms with Crippen molar-refractivity contribution < 1.29 is 63.6 Å². The third kappa shape index (κ3) is 33.6. The molecule has 0 rings (SSSR count). The van der Waals surface area contributed by atoms with Crippen molar-refractivity contribution in [2.75, 3.05) is 131 Å². The number of carbonyl (C=O) groups is 9. The van der Waals surface area contributed by atoms with Gasteiger partial charge in [0.05, 0.1) is 83.3 Å². The van der Waals surface area contributed by atoms with E-state index >= 15 is 0 Å². The molecule has 0 fully saturated rings. The summed E-state index contributed by atoms with van der Waals surface area (Å²) in [6, 6.07) is -0.597. The Morgan fingerprint density at radius 1 is 0.309 bits per heavy atom. The molecule has 0 saturated carbocycles. The van der Waals surface area contributed by atoms with E-state index in [2.05, 4.69) is 5.32 Å². The maximum Gasteiger partial charge on any atom is 0.242 e. The molecule has 9 amide bonds. The zero-order valence-corrected chi connectivity index (χ0v) is 52.6. The van der Waals surface area contributed by atoms with Gasteiger partial charge in [-0.3, -0.25) is 48.1 Å². The maximum absolute atomic E-state index is 14.6. The van der Waals surface area contributed by atoms with Gasteiger partial charge in [0.2, 0.25) is 53.2 Å². The van der Waals surface area contributed by atoms with Crippen molar-refractivity contribution in [1.29, 1.82) is 0 Å². The molecule has 81 heavy (non-hydrogen) atoms. The van der Waals surface area contributed by atoms with E-state index in [1.807, 2.05) is 83.1 Å². The van der Waals surface area contributed by atoms with Gasteiger partial charge >= 0.3 is 0 Å². The van der Waals surface area contributed by atoms with Crippen molar-refractivity contribution in [3.63, 3.8) is 0 Å². The highest BCUT2D eigenvalue weighted by Gasteiger charge is 2.33. The molecule has 0 aliphatic heterocycles. The molecule has 0 radical (unpaired) electrons. The van der Waals surface area contributed by atoms with Gasteiger partial charge in [-0.15, -0.1) is 0 Å². The van der Waals surface area contributed by atoms with Gasteiger partial charge in [0, 0.05) is 71.5 Å². The van der Waals surface area contributed by atoms with Gasteiger partial charge in [0.15, 0.2) is 0 Å². The molecule has 0 spiro atoms. The Balaban J connectivity index is 6.79. The van der Waals surface area contributed by atoms with E-state index in [4.69, 9.17) is 5.73 Å². The lowest BCUT2D eigenvalue weighted by Gasteiger charge is -2.37. The summed E-state index contributed by atoms with van der Waals surface area (Å²) in [6.07, 6.45) is -4.16. The smallest absolute Gasteiger partial charge is 0.242 e. The van der Waals surface area contributed by atoms with Crippen molar-refractivity contribution in [2.24, 2.45) is 41.2 Å². The van der Waals surface area contributed by atoms with Crippen LogP contribution in [0.4, 0.5) is 0 Å². The highest BCUT2D eigenvalue weighted by atomic mass is 16.3. The largest absolute Gasteiger partial charge is 0.392 e. The van der Waals surface area contributed by atoms with Crippen LogP contribution in [-0.4, -0.2) is 279 Å². The van der Waals surface area contributed by atoms with Gasteiger partial charge < -0.3 is 70.7 Å². The molecule has 7 N–H and O–H groups in total. The molecular formula is C57H109N11O13. The molecule has 24 heteroatoms. The van der Waals surface area contributed by atoms with E-state index in [1.54, 1.807) is 23.6 Å². The fourth-order valence-electron chi connectivity index (χ4n) is 9.02. The lowest BCUT2D eigenvalue weighted by molar-refractivity contribution is -0.148. The van der Waals surface area contributed by atoms with Crippen molar-refractivity contribution in [2.45, 2.75) is 148 Å². The predicted octanol–water partition coefficient (Wildman–Crippen LogP) is -0.160. The van der Waals surface area contributed by atoms with E-state index in [1.165, 1.54) is 45.3 Å². The third-order valence-corrected chi connectivity index (χ3v) is 12.3. The summed E-state index contributed by atoms with van der Waals surface area (Å²) in [6.45, 7) is 27.9. The Morgan fingerprint density at radius 3 is 0.827 bits per heavy atom. The minimum Gasteiger partial charge on any atom is -0.392 e. The second-order valence-electron chi connectivity index (χ2n) is 24.9. The average molecular weight is 1160 g/mol. The molecular weight excluding hydrogens is 1050 g/mol. The lowest BCUT2D eigenvalue weighted by atomic mass is 10.1. The van der Waals surface area contributed by atoms with Gasteiger partial charge in [-0.05, 0) is 76.7 Å². The second-order valence-corrected chi connectivity index (χ2v) is 24.9. The molecule has 24 nitrogen and oxygen atoms in total. The number of rotatable bonds is 41. The van der Waals surface area contributed by atoms with Gasteiger partial charge in [-0.1, -0.05) is 83.1 Å². The summed E-state index contributed by atoms with van der Waals surface area (Å²) in [5, 5.41) is 45.4. The first-order chi connectivity index (χ1) is 37.4. The number of nitrogens with zero attached hydrogens (tertiary/aromatic N) is 9. The third-order valence-electron chi connectivity index (χ3n) is 12.3. The molecule has 0 heterocycles. The number of hydrogen-bond donors (Lipinski definition) is 6. The Bertz CT molecular complexity index is 1950.